The SMILES string of the molecule is CNC(Cc1ccc(OC)cc1)Cc1nnn(C)n1. The Labute approximate surface area is 112 Å². The summed E-state index contributed by atoms with van der Waals surface area (Å²) < 4.78 is 5.15. The van der Waals surface area contributed by atoms with E-state index < -0.39 is 0 Å². The number of aryl methyl sites for hydroxylation is 1. The standard InChI is InChI=1S/C13H19N5O/c1-14-11(9-13-15-17-18(2)16-13)8-10-4-6-12(19-3)7-5-10/h4-7,11,14H,8-9H2,1-3H3. The van der Waals surface area contributed by atoms with E-state index >= 15 is 0 Å². The summed E-state index contributed by atoms with van der Waals surface area (Å²) in [4.78, 5) is 1.48. The molecule has 0 aliphatic rings. The number of hydrogen-bond donors (Lipinski definition) is 1. The van der Waals surface area contributed by atoms with E-state index in [0.717, 1.165) is 24.4 Å². The van der Waals surface area contributed by atoms with Crippen LogP contribution >= 0.6 is 0 Å². The van der Waals surface area contributed by atoms with E-state index in [1.165, 1.54) is 10.4 Å². The fraction of sp³-hybridized carbons (Fsp3) is 0.462. The van der Waals surface area contributed by atoms with E-state index in [0.29, 0.717) is 0 Å². The van der Waals surface area contributed by atoms with E-state index in [-0.39, 0.29) is 6.04 Å². The molecule has 6 heteroatoms. The molecular weight excluding hydrogens is 242 g/mol. The molecule has 0 radical (unpaired) electrons. The summed E-state index contributed by atoms with van der Waals surface area (Å²) >= 11 is 0. The second kappa shape index (κ2) is 6.29. The fourth-order valence-corrected chi connectivity index (χ4v) is 1.95. The Morgan fingerprint density at radius 1 is 1.26 bits per heavy atom. The van der Waals surface area contributed by atoms with Crippen LogP contribution in [-0.2, 0) is 19.9 Å². The van der Waals surface area contributed by atoms with Gasteiger partial charge in [0.2, 0.25) is 0 Å². The predicted molar refractivity (Wildman–Crippen MR) is 72.0 cm³/mol. The third-order valence-corrected chi connectivity index (χ3v) is 3.03. The molecule has 1 aromatic heterocycles. The molecule has 0 saturated heterocycles. The number of tetrazole rings is 1. The molecule has 0 fully saturated rings. The Morgan fingerprint density at radius 3 is 2.53 bits per heavy atom. The normalized spacial score (nSPS) is 12.4. The minimum absolute atomic E-state index is 0.289. The molecule has 0 aliphatic carbocycles. The second-order valence-corrected chi connectivity index (χ2v) is 4.44. The van der Waals surface area contributed by atoms with Crippen molar-refractivity contribution < 1.29 is 4.74 Å². The van der Waals surface area contributed by atoms with Gasteiger partial charge >= 0.3 is 0 Å². The summed E-state index contributed by atoms with van der Waals surface area (Å²) in [5.41, 5.74) is 1.25. The van der Waals surface area contributed by atoms with Gasteiger partial charge in [0, 0.05) is 12.5 Å². The number of methoxy groups -OCH3 is 1. The molecule has 2 rings (SSSR count). The van der Waals surface area contributed by atoms with Crippen molar-refractivity contribution in [3.05, 3.63) is 35.7 Å². The highest BCUT2D eigenvalue weighted by atomic mass is 16.5. The van der Waals surface area contributed by atoms with Gasteiger partial charge in [-0.15, -0.1) is 10.2 Å². The van der Waals surface area contributed by atoms with E-state index in [9.17, 15) is 0 Å². The zero-order valence-corrected chi connectivity index (χ0v) is 11.5. The van der Waals surface area contributed by atoms with Gasteiger partial charge in [0.1, 0.15) is 5.75 Å². The van der Waals surface area contributed by atoms with Crippen molar-refractivity contribution in [2.45, 2.75) is 18.9 Å². The van der Waals surface area contributed by atoms with Crippen LogP contribution in [-0.4, -0.2) is 40.4 Å². The molecule has 2 aromatic rings. The maximum Gasteiger partial charge on any atom is 0.176 e. The average molecular weight is 261 g/mol. The summed E-state index contributed by atoms with van der Waals surface area (Å²) in [5, 5.41) is 15.3. The highest BCUT2D eigenvalue weighted by Crippen LogP contribution is 2.13. The summed E-state index contributed by atoms with van der Waals surface area (Å²) in [6.07, 6.45) is 1.68. The van der Waals surface area contributed by atoms with E-state index in [2.05, 4.69) is 32.9 Å². The quantitative estimate of drug-likeness (QED) is 0.824. The number of nitrogens with zero attached hydrogens (tertiary/aromatic N) is 4. The van der Waals surface area contributed by atoms with Crippen LogP contribution in [0.1, 0.15) is 11.4 Å². The lowest BCUT2D eigenvalue weighted by atomic mass is 10.0. The van der Waals surface area contributed by atoms with Crippen LogP contribution in [0.2, 0.25) is 0 Å². The summed E-state index contributed by atoms with van der Waals surface area (Å²) in [7, 11) is 5.39. The number of hydrogen-bond acceptors (Lipinski definition) is 5. The maximum atomic E-state index is 5.15. The van der Waals surface area contributed by atoms with Crippen molar-refractivity contribution in [2.24, 2.45) is 7.05 Å². The van der Waals surface area contributed by atoms with Crippen molar-refractivity contribution in [3.8, 4) is 5.75 Å². The van der Waals surface area contributed by atoms with Crippen LogP contribution < -0.4 is 10.1 Å². The molecule has 19 heavy (non-hydrogen) atoms. The first-order valence-electron chi connectivity index (χ1n) is 6.24. The molecule has 102 valence electrons. The van der Waals surface area contributed by atoms with Crippen LogP contribution in [0.5, 0.6) is 5.75 Å². The number of rotatable bonds is 6. The van der Waals surface area contributed by atoms with Crippen LogP contribution in [0.3, 0.4) is 0 Å². The Hall–Kier alpha value is -1.95. The largest absolute Gasteiger partial charge is 0.497 e. The van der Waals surface area contributed by atoms with Gasteiger partial charge in [-0.25, -0.2) is 0 Å². The van der Waals surface area contributed by atoms with Gasteiger partial charge in [0.15, 0.2) is 5.82 Å². The van der Waals surface area contributed by atoms with Gasteiger partial charge < -0.3 is 10.1 Å². The zero-order chi connectivity index (χ0) is 13.7. The summed E-state index contributed by atoms with van der Waals surface area (Å²) in [6, 6.07) is 8.39. The Morgan fingerprint density at radius 2 is 2.00 bits per heavy atom. The van der Waals surface area contributed by atoms with Gasteiger partial charge in [-0.1, -0.05) is 12.1 Å². The highest BCUT2D eigenvalue weighted by Gasteiger charge is 2.12. The van der Waals surface area contributed by atoms with E-state index in [4.69, 9.17) is 4.74 Å². The van der Waals surface area contributed by atoms with Crippen molar-refractivity contribution in [2.75, 3.05) is 14.2 Å². The van der Waals surface area contributed by atoms with Gasteiger partial charge in [-0.05, 0) is 36.4 Å². The van der Waals surface area contributed by atoms with Crippen LogP contribution in [0.15, 0.2) is 24.3 Å². The van der Waals surface area contributed by atoms with Gasteiger partial charge in [0.25, 0.3) is 0 Å². The predicted octanol–water partition coefficient (Wildman–Crippen LogP) is 0.592. The van der Waals surface area contributed by atoms with E-state index in [1.54, 1.807) is 14.2 Å². The Bertz CT molecular complexity index is 508. The zero-order valence-electron chi connectivity index (χ0n) is 11.5. The fourth-order valence-electron chi connectivity index (χ4n) is 1.95. The molecule has 0 amide bonds. The first-order chi connectivity index (χ1) is 9.21. The van der Waals surface area contributed by atoms with Crippen molar-refractivity contribution in [3.63, 3.8) is 0 Å². The Kier molecular flexibility index (Phi) is 4.46. The molecular formula is C13H19N5O. The molecule has 0 aliphatic heterocycles. The molecule has 1 N–H and O–H groups in total. The summed E-state index contributed by atoms with van der Waals surface area (Å²) in [5.74, 6) is 1.63. The first kappa shape index (κ1) is 13.5. The van der Waals surface area contributed by atoms with Crippen molar-refractivity contribution in [1.82, 2.24) is 25.5 Å². The van der Waals surface area contributed by atoms with Crippen molar-refractivity contribution >= 4 is 0 Å². The van der Waals surface area contributed by atoms with Crippen LogP contribution in [0, 0.1) is 0 Å². The molecule has 1 unspecified atom stereocenters. The van der Waals surface area contributed by atoms with Gasteiger partial charge in [0.05, 0.1) is 14.2 Å². The number of likely N-dealkylation sites (N-methyl/N-ethyl adjacent to an activating group) is 1. The average Bonchev–Trinajstić information content (AvgIpc) is 2.84. The molecule has 0 saturated carbocycles. The van der Waals surface area contributed by atoms with E-state index in [1.807, 2.05) is 19.2 Å². The number of aromatic nitrogens is 4. The second-order valence-electron chi connectivity index (χ2n) is 4.44. The molecule has 1 atom stereocenters. The van der Waals surface area contributed by atoms with Crippen molar-refractivity contribution in [1.29, 1.82) is 0 Å². The number of nitrogens with one attached hydrogen (secondary N) is 1. The smallest absolute Gasteiger partial charge is 0.176 e. The topological polar surface area (TPSA) is 64.9 Å². The lowest BCUT2D eigenvalue weighted by Gasteiger charge is -2.14. The maximum absolute atomic E-state index is 5.15. The monoisotopic (exact) mass is 261 g/mol. The lowest BCUT2D eigenvalue weighted by molar-refractivity contribution is 0.414. The minimum Gasteiger partial charge on any atom is -0.497 e. The minimum atomic E-state index is 0.289. The number of benzene rings is 1. The molecule has 1 heterocycles. The molecule has 0 bridgehead atoms. The summed E-state index contributed by atoms with van der Waals surface area (Å²) in [6.45, 7) is 0. The first-order valence-corrected chi connectivity index (χ1v) is 6.24. The van der Waals surface area contributed by atoms with Crippen LogP contribution in [0.25, 0.3) is 0 Å². The van der Waals surface area contributed by atoms with Gasteiger partial charge in [-0.3, -0.25) is 0 Å². The lowest BCUT2D eigenvalue weighted by Crippen LogP contribution is -2.30. The van der Waals surface area contributed by atoms with Crippen LogP contribution in [0.4, 0.5) is 0 Å². The molecule has 1 aromatic carbocycles. The molecule has 0 spiro atoms. The highest BCUT2D eigenvalue weighted by molar-refractivity contribution is 5.27. The third-order valence-electron chi connectivity index (χ3n) is 3.03. The Balaban J connectivity index is 1.97. The molecule has 6 nitrogen and oxygen atoms in total. The number of ether oxygens (including phenoxy) is 1. The third kappa shape index (κ3) is 3.75. The van der Waals surface area contributed by atoms with Gasteiger partial charge in [-0.2, -0.15) is 4.80 Å².